The van der Waals surface area contributed by atoms with E-state index in [0.29, 0.717) is 16.3 Å². The lowest BCUT2D eigenvalue weighted by Crippen LogP contribution is -2.21. The third-order valence-electron chi connectivity index (χ3n) is 4.24. The van der Waals surface area contributed by atoms with E-state index in [1.807, 2.05) is 0 Å². The number of hydrogen-bond donors (Lipinski definition) is 1. The summed E-state index contributed by atoms with van der Waals surface area (Å²) in [6.45, 7) is 0.158. The van der Waals surface area contributed by atoms with Gasteiger partial charge in [0, 0.05) is 11.8 Å². The number of thiol groups is 1. The Morgan fingerprint density at radius 2 is 2.11 bits per heavy atom. The molecule has 3 heterocycles. The number of aromatic nitrogens is 4. The van der Waals surface area contributed by atoms with Gasteiger partial charge in [0.25, 0.3) is 0 Å². The van der Waals surface area contributed by atoms with Gasteiger partial charge in [0.1, 0.15) is 29.0 Å². The van der Waals surface area contributed by atoms with Gasteiger partial charge in [-0.3, -0.25) is 0 Å². The summed E-state index contributed by atoms with van der Waals surface area (Å²) in [6, 6.07) is 9.47. The van der Waals surface area contributed by atoms with Crippen LogP contribution in [0.2, 0.25) is 5.15 Å². The van der Waals surface area contributed by atoms with E-state index < -0.39 is 17.0 Å². The van der Waals surface area contributed by atoms with Crippen molar-refractivity contribution in [2.24, 2.45) is 0 Å². The van der Waals surface area contributed by atoms with Crippen LogP contribution in [0.1, 0.15) is 17.2 Å². The number of ether oxygens (including phenoxy) is 2. The third-order valence-corrected chi connectivity index (χ3v) is 4.65. The van der Waals surface area contributed by atoms with Gasteiger partial charge in [0.15, 0.2) is 0 Å². The average Bonchev–Trinajstić information content (AvgIpc) is 3.20. The van der Waals surface area contributed by atoms with Gasteiger partial charge < -0.3 is 9.47 Å². The number of benzene rings is 1. The van der Waals surface area contributed by atoms with Crippen molar-refractivity contribution in [3.8, 4) is 6.01 Å². The molecule has 2 aromatic heterocycles. The number of pyridine rings is 1. The van der Waals surface area contributed by atoms with Crippen LogP contribution in [0.4, 0.5) is 9.18 Å². The number of nitrogens with zero attached hydrogens (tertiary/aromatic N) is 4. The highest BCUT2D eigenvalue weighted by molar-refractivity contribution is 7.96. The lowest BCUT2D eigenvalue weighted by Gasteiger charge is -2.15. The van der Waals surface area contributed by atoms with Crippen LogP contribution in [-0.2, 0) is 16.9 Å². The average molecular weight is 407 g/mol. The Morgan fingerprint density at radius 1 is 1.33 bits per heavy atom. The van der Waals surface area contributed by atoms with Crippen molar-refractivity contribution in [1.82, 2.24) is 19.7 Å². The Balaban J connectivity index is 1.73. The first kappa shape index (κ1) is 17.9. The molecule has 0 amide bonds. The highest BCUT2D eigenvalue weighted by Gasteiger charge is 2.60. The van der Waals surface area contributed by atoms with E-state index in [9.17, 15) is 9.18 Å². The van der Waals surface area contributed by atoms with Crippen LogP contribution in [0.15, 0.2) is 48.9 Å². The molecule has 0 bridgehead atoms. The minimum absolute atomic E-state index is 0.0250. The zero-order valence-corrected chi connectivity index (χ0v) is 15.3. The van der Waals surface area contributed by atoms with E-state index in [1.165, 1.54) is 23.1 Å². The first-order chi connectivity index (χ1) is 13.0. The molecule has 0 spiro atoms. The van der Waals surface area contributed by atoms with E-state index >= 15 is 0 Å². The monoisotopic (exact) mass is 406 g/mol. The Hall–Kier alpha value is -2.49. The summed E-state index contributed by atoms with van der Waals surface area (Å²) in [4.78, 5) is 19.1. The molecule has 1 fully saturated rings. The summed E-state index contributed by atoms with van der Waals surface area (Å²) in [7, 11) is 0. The summed E-state index contributed by atoms with van der Waals surface area (Å²) in [5.41, 5.74) is 0.509. The summed E-state index contributed by atoms with van der Waals surface area (Å²) in [5.74, 6) is -0.365. The van der Waals surface area contributed by atoms with Gasteiger partial charge in [-0.2, -0.15) is 10.1 Å². The highest BCUT2D eigenvalue weighted by atomic mass is 35.5. The minimum Gasteiger partial charge on any atom is -0.383 e. The van der Waals surface area contributed by atoms with Gasteiger partial charge in [0.2, 0.25) is 0 Å². The van der Waals surface area contributed by atoms with Crippen molar-refractivity contribution in [2.75, 3.05) is 0 Å². The van der Waals surface area contributed by atoms with Crippen molar-refractivity contribution in [1.29, 1.82) is 0 Å². The zero-order chi connectivity index (χ0) is 19.0. The van der Waals surface area contributed by atoms with Gasteiger partial charge in [-0.1, -0.05) is 42.4 Å². The number of hydrogen-bond acceptors (Lipinski definition) is 6. The van der Waals surface area contributed by atoms with Crippen LogP contribution >= 0.6 is 24.2 Å². The van der Waals surface area contributed by atoms with E-state index in [0.717, 1.165) is 0 Å². The molecule has 0 saturated carbocycles. The molecule has 27 heavy (non-hydrogen) atoms. The van der Waals surface area contributed by atoms with Crippen LogP contribution < -0.4 is 4.74 Å². The van der Waals surface area contributed by atoms with Gasteiger partial charge >= 0.3 is 11.3 Å². The van der Waals surface area contributed by atoms with Crippen molar-refractivity contribution in [2.45, 2.75) is 18.2 Å². The van der Waals surface area contributed by atoms with E-state index in [-0.39, 0.29) is 18.4 Å². The molecule has 10 heteroatoms. The summed E-state index contributed by atoms with van der Waals surface area (Å²) in [6.07, 6.45) is 2.39. The number of epoxide rings is 1. The molecule has 1 aliphatic heterocycles. The second kappa shape index (κ2) is 6.91. The maximum atomic E-state index is 13.4. The summed E-state index contributed by atoms with van der Waals surface area (Å²) >= 11 is 9.80. The number of carbonyl (C=O) groups excluding carboxylic acids is 1. The normalized spacial score (nSPS) is 21.1. The predicted molar refractivity (Wildman–Crippen MR) is 96.2 cm³/mol. The summed E-state index contributed by atoms with van der Waals surface area (Å²) < 4.78 is 25.8. The molecule has 2 atom stereocenters. The molecular formula is C17H12ClFN4O3S. The maximum Gasteiger partial charge on any atom is 0.372 e. The zero-order valence-electron chi connectivity index (χ0n) is 13.6. The van der Waals surface area contributed by atoms with Crippen LogP contribution in [0.5, 0.6) is 6.01 Å². The van der Waals surface area contributed by atoms with E-state index in [4.69, 9.17) is 21.1 Å². The standard InChI is InChI=1S/C17H12ClFN4O3S/c18-14-12(2-1-7-20-14)13-17(26-13,10-3-5-11(19)6-4-10)8-23-15(21-9-22-23)25-16(24)27/h1-7,9,13H,8H2,(H,24,27)/t13-,17-/m1/s1. The molecule has 4 rings (SSSR count). The molecule has 0 unspecified atom stereocenters. The van der Waals surface area contributed by atoms with Crippen LogP contribution in [0.3, 0.4) is 0 Å². The van der Waals surface area contributed by atoms with Crippen molar-refractivity contribution in [3.05, 3.63) is 71.0 Å². The smallest absolute Gasteiger partial charge is 0.372 e. The SMILES string of the molecule is O=C(S)Oc1ncnn1C[C@]1(c2ccc(F)cc2)O[C@@H]1c1cccnc1Cl. The third kappa shape index (κ3) is 3.41. The Morgan fingerprint density at radius 3 is 2.81 bits per heavy atom. The van der Waals surface area contributed by atoms with E-state index in [1.54, 1.807) is 30.5 Å². The molecular weight excluding hydrogens is 395 g/mol. The molecule has 1 aromatic carbocycles. The van der Waals surface area contributed by atoms with Gasteiger partial charge in [-0.05, 0) is 23.8 Å². The fraction of sp³-hybridized carbons (Fsp3) is 0.176. The second-order valence-electron chi connectivity index (χ2n) is 5.85. The fourth-order valence-corrected chi connectivity index (χ4v) is 3.29. The lowest BCUT2D eigenvalue weighted by atomic mass is 9.92. The molecule has 0 N–H and O–H groups in total. The van der Waals surface area contributed by atoms with Gasteiger partial charge in [-0.15, -0.1) is 0 Å². The molecule has 0 aliphatic carbocycles. The maximum absolute atomic E-state index is 13.4. The molecule has 1 saturated heterocycles. The molecule has 7 nitrogen and oxygen atoms in total. The Kier molecular flexibility index (Phi) is 4.58. The number of halogens is 2. The Bertz CT molecular complexity index is 1000. The minimum atomic E-state index is -0.897. The molecule has 138 valence electrons. The number of rotatable bonds is 5. The second-order valence-corrected chi connectivity index (χ2v) is 6.57. The highest BCUT2D eigenvalue weighted by Crippen LogP contribution is 2.59. The molecule has 1 aliphatic rings. The first-order valence-electron chi connectivity index (χ1n) is 7.82. The lowest BCUT2D eigenvalue weighted by molar-refractivity contribution is 0.214. The fourth-order valence-electron chi connectivity index (χ4n) is 2.99. The van der Waals surface area contributed by atoms with Crippen molar-refractivity contribution < 1.29 is 18.7 Å². The van der Waals surface area contributed by atoms with Crippen molar-refractivity contribution in [3.63, 3.8) is 0 Å². The van der Waals surface area contributed by atoms with E-state index in [2.05, 4.69) is 27.7 Å². The quantitative estimate of drug-likeness (QED) is 0.302. The topological polar surface area (TPSA) is 82.4 Å². The number of carbonyl (C=O) groups is 1. The molecule has 0 radical (unpaired) electrons. The van der Waals surface area contributed by atoms with Crippen LogP contribution in [0.25, 0.3) is 0 Å². The van der Waals surface area contributed by atoms with Crippen LogP contribution in [0, 0.1) is 5.82 Å². The van der Waals surface area contributed by atoms with Crippen LogP contribution in [-0.4, -0.2) is 25.0 Å². The van der Waals surface area contributed by atoms with Crippen molar-refractivity contribution >= 4 is 29.5 Å². The largest absolute Gasteiger partial charge is 0.383 e. The van der Waals surface area contributed by atoms with Gasteiger partial charge in [-0.25, -0.2) is 18.9 Å². The first-order valence-corrected chi connectivity index (χ1v) is 8.65. The van der Waals surface area contributed by atoms with Gasteiger partial charge in [0.05, 0.1) is 6.54 Å². The predicted octanol–water partition coefficient (Wildman–Crippen LogP) is 3.56. The summed E-state index contributed by atoms with van der Waals surface area (Å²) in [5, 5.41) is 3.58. The molecule has 3 aromatic rings. The Labute approximate surface area is 163 Å².